The molecule has 0 radical (unpaired) electrons. The molecular formula is C19H19ClN2O3. The lowest BCUT2D eigenvalue weighted by Gasteiger charge is -2.32. The number of nitrogens with zero attached hydrogens (tertiary/aromatic N) is 1. The maximum absolute atomic E-state index is 11.7. The number of carbonyl (C=O) groups excluding carboxylic acids is 1. The second kappa shape index (κ2) is 6.91. The number of benzene rings is 1. The van der Waals surface area contributed by atoms with Crippen LogP contribution in [0.3, 0.4) is 0 Å². The summed E-state index contributed by atoms with van der Waals surface area (Å²) in [5.41, 5.74) is 5.88. The molecule has 0 aliphatic heterocycles. The largest absolute Gasteiger partial charge is 0.378 e. The monoisotopic (exact) mass is 358 g/mol. The van der Waals surface area contributed by atoms with Gasteiger partial charge in [-0.2, -0.15) is 0 Å². The number of hydrogen-bond acceptors (Lipinski definition) is 4. The third-order valence-corrected chi connectivity index (χ3v) is 4.75. The zero-order valence-electron chi connectivity index (χ0n) is 13.9. The molecule has 2 aromatic rings. The fourth-order valence-electron chi connectivity index (χ4n) is 3.32. The van der Waals surface area contributed by atoms with Crippen LogP contribution in [0, 0.1) is 18.8 Å². The first-order valence-electron chi connectivity index (χ1n) is 8.15. The summed E-state index contributed by atoms with van der Waals surface area (Å²) in [7, 11) is 0. The van der Waals surface area contributed by atoms with E-state index in [2.05, 4.69) is 17.0 Å². The van der Waals surface area contributed by atoms with Gasteiger partial charge in [0, 0.05) is 16.5 Å². The van der Waals surface area contributed by atoms with E-state index in [0.29, 0.717) is 34.9 Å². The number of aliphatic hydroxyl groups is 1. The number of aromatic nitrogens is 1. The SMILES string of the molecule is Cc1onc([C@H]2CCC[C@@](O)(C#Cc3cccc(Cl)c3)C2)c1C(N)=O. The van der Waals surface area contributed by atoms with Gasteiger partial charge in [0.1, 0.15) is 16.9 Å². The minimum Gasteiger partial charge on any atom is -0.378 e. The Morgan fingerprint density at radius 3 is 3.04 bits per heavy atom. The van der Waals surface area contributed by atoms with E-state index in [1.54, 1.807) is 19.1 Å². The Labute approximate surface area is 151 Å². The van der Waals surface area contributed by atoms with Gasteiger partial charge in [-0.3, -0.25) is 4.79 Å². The van der Waals surface area contributed by atoms with E-state index in [9.17, 15) is 9.90 Å². The van der Waals surface area contributed by atoms with Gasteiger partial charge in [-0.05, 0) is 50.8 Å². The molecule has 5 nitrogen and oxygen atoms in total. The minimum atomic E-state index is -1.15. The highest BCUT2D eigenvalue weighted by Crippen LogP contribution is 2.39. The molecule has 1 aliphatic carbocycles. The Hall–Kier alpha value is -2.29. The molecule has 6 heteroatoms. The van der Waals surface area contributed by atoms with E-state index in [-0.39, 0.29) is 5.92 Å². The van der Waals surface area contributed by atoms with Crippen LogP contribution >= 0.6 is 11.6 Å². The van der Waals surface area contributed by atoms with Gasteiger partial charge in [0.15, 0.2) is 0 Å². The number of aryl methyl sites for hydroxylation is 1. The van der Waals surface area contributed by atoms with Gasteiger partial charge < -0.3 is 15.4 Å². The number of halogens is 1. The van der Waals surface area contributed by atoms with Crippen LogP contribution in [-0.4, -0.2) is 21.8 Å². The molecule has 25 heavy (non-hydrogen) atoms. The Morgan fingerprint density at radius 2 is 2.32 bits per heavy atom. The average molecular weight is 359 g/mol. The Bertz CT molecular complexity index is 865. The number of primary amides is 1. The van der Waals surface area contributed by atoms with Crippen LogP contribution in [0.1, 0.15) is 59.0 Å². The molecule has 1 aromatic heterocycles. The van der Waals surface area contributed by atoms with Crippen molar-refractivity contribution in [3.63, 3.8) is 0 Å². The van der Waals surface area contributed by atoms with E-state index in [1.165, 1.54) is 0 Å². The zero-order chi connectivity index (χ0) is 18.0. The maximum atomic E-state index is 11.7. The molecule has 3 N–H and O–H groups in total. The fourth-order valence-corrected chi connectivity index (χ4v) is 3.51. The predicted octanol–water partition coefficient (Wildman–Crippen LogP) is 3.18. The topological polar surface area (TPSA) is 89.3 Å². The molecule has 1 heterocycles. The van der Waals surface area contributed by atoms with Crippen LogP contribution in [-0.2, 0) is 0 Å². The second-order valence-electron chi connectivity index (χ2n) is 6.45. The van der Waals surface area contributed by atoms with Crippen molar-refractivity contribution in [1.82, 2.24) is 5.16 Å². The summed E-state index contributed by atoms with van der Waals surface area (Å²) in [6.07, 6.45) is 2.52. The number of nitrogens with two attached hydrogens (primary N) is 1. The maximum Gasteiger partial charge on any atom is 0.254 e. The average Bonchev–Trinajstić information content (AvgIpc) is 2.95. The Balaban J connectivity index is 1.85. The quantitative estimate of drug-likeness (QED) is 0.807. The first-order valence-corrected chi connectivity index (χ1v) is 8.53. The van der Waals surface area contributed by atoms with Gasteiger partial charge in [-0.15, -0.1) is 0 Å². The molecule has 130 valence electrons. The van der Waals surface area contributed by atoms with Gasteiger partial charge in [0.05, 0.1) is 5.69 Å². The van der Waals surface area contributed by atoms with Crippen molar-refractivity contribution in [1.29, 1.82) is 0 Å². The summed E-state index contributed by atoms with van der Waals surface area (Å²) in [6.45, 7) is 1.66. The van der Waals surface area contributed by atoms with Crippen molar-refractivity contribution < 1.29 is 14.4 Å². The van der Waals surface area contributed by atoms with Gasteiger partial charge in [0.25, 0.3) is 5.91 Å². The second-order valence-corrected chi connectivity index (χ2v) is 6.88. The first kappa shape index (κ1) is 17.5. The molecule has 2 atom stereocenters. The number of amides is 1. The highest BCUT2D eigenvalue weighted by Gasteiger charge is 2.37. The third-order valence-electron chi connectivity index (χ3n) is 4.51. The van der Waals surface area contributed by atoms with E-state index in [4.69, 9.17) is 21.9 Å². The van der Waals surface area contributed by atoms with Crippen molar-refractivity contribution in [2.24, 2.45) is 5.73 Å². The molecule has 1 aliphatic rings. The van der Waals surface area contributed by atoms with Crippen molar-refractivity contribution >= 4 is 17.5 Å². The summed E-state index contributed by atoms with van der Waals surface area (Å²) >= 11 is 5.96. The van der Waals surface area contributed by atoms with Crippen LogP contribution < -0.4 is 5.73 Å². The summed E-state index contributed by atoms with van der Waals surface area (Å²) in [5.74, 6) is 5.68. The van der Waals surface area contributed by atoms with E-state index >= 15 is 0 Å². The lowest BCUT2D eigenvalue weighted by Crippen LogP contribution is -2.33. The van der Waals surface area contributed by atoms with Gasteiger partial charge >= 0.3 is 0 Å². The third kappa shape index (κ3) is 3.87. The van der Waals surface area contributed by atoms with Crippen molar-refractivity contribution in [3.05, 3.63) is 51.9 Å². The number of hydrogen-bond donors (Lipinski definition) is 2. The predicted molar refractivity (Wildman–Crippen MR) is 94.2 cm³/mol. The van der Waals surface area contributed by atoms with E-state index < -0.39 is 11.5 Å². The smallest absolute Gasteiger partial charge is 0.254 e. The lowest BCUT2D eigenvalue weighted by molar-refractivity contribution is 0.0507. The van der Waals surface area contributed by atoms with Crippen LogP contribution in [0.2, 0.25) is 5.02 Å². The molecular weight excluding hydrogens is 340 g/mol. The first-order chi connectivity index (χ1) is 11.9. The molecule has 1 saturated carbocycles. The number of carbonyl (C=O) groups is 1. The minimum absolute atomic E-state index is 0.118. The van der Waals surface area contributed by atoms with E-state index in [0.717, 1.165) is 18.4 Å². The van der Waals surface area contributed by atoms with Gasteiger partial charge in [-0.1, -0.05) is 34.7 Å². The standard InChI is InChI=1S/C19H19ClN2O3/c1-12-16(18(21)23)17(22-25-12)14-5-3-8-19(24,11-14)9-7-13-4-2-6-15(20)10-13/h2,4,6,10,14,24H,3,5,8,11H2,1H3,(H2,21,23)/t14-,19+/m0/s1. The van der Waals surface area contributed by atoms with Gasteiger partial charge in [0.2, 0.25) is 0 Å². The Kier molecular flexibility index (Phi) is 4.85. The summed E-state index contributed by atoms with van der Waals surface area (Å²) in [6, 6.07) is 7.19. The molecule has 0 saturated heterocycles. The normalized spacial score (nSPS) is 22.9. The highest BCUT2D eigenvalue weighted by molar-refractivity contribution is 6.30. The van der Waals surface area contributed by atoms with Crippen molar-refractivity contribution in [2.45, 2.75) is 44.1 Å². The highest BCUT2D eigenvalue weighted by atomic mass is 35.5. The van der Waals surface area contributed by atoms with Crippen molar-refractivity contribution in [2.75, 3.05) is 0 Å². The number of rotatable bonds is 2. The molecule has 1 aromatic carbocycles. The zero-order valence-corrected chi connectivity index (χ0v) is 14.6. The Morgan fingerprint density at radius 1 is 1.52 bits per heavy atom. The summed E-state index contributed by atoms with van der Waals surface area (Å²) < 4.78 is 5.14. The van der Waals surface area contributed by atoms with Crippen LogP contribution in [0.25, 0.3) is 0 Å². The fraction of sp³-hybridized carbons (Fsp3) is 0.368. The molecule has 0 bridgehead atoms. The van der Waals surface area contributed by atoms with Crippen LogP contribution in [0.5, 0.6) is 0 Å². The summed E-state index contributed by atoms with van der Waals surface area (Å²) in [5, 5.41) is 15.5. The molecule has 0 spiro atoms. The molecule has 3 rings (SSSR count). The van der Waals surface area contributed by atoms with E-state index in [1.807, 2.05) is 12.1 Å². The summed E-state index contributed by atoms with van der Waals surface area (Å²) in [4.78, 5) is 11.7. The molecule has 0 unspecified atom stereocenters. The molecule has 1 amide bonds. The van der Waals surface area contributed by atoms with Crippen LogP contribution in [0.15, 0.2) is 28.8 Å². The lowest BCUT2D eigenvalue weighted by atomic mass is 9.76. The van der Waals surface area contributed by atoms with Crippen molar-refractivity contribution in [3.8, 4) is 11.8 Å². The molecule has 1 fully saturated rings. The van der Waals surface area contributed by atoms with Gasteiger partial charge in [-0.25, -0.2) is 0 Å². The van der Waals surface area contributed by atoms with Crippen LogP contribution in [0.4, 0.5) is 0 Å².